The van der Waals surface area contributed by atoms with Crippen LogP contribution in [0.15, 0.2) is 46.0 Å². The Labute approximate surface area is 98.3 Å². The number of anilines is 1. The minimum Gasteiger partial charge on any atom is -0.398 e. The van der Waals surface area contributed by atoms with E-state index in [1.54, 1.807) is 11.3 Å². The molecular weight excluding hydrogens is 222 g/mol. The summed E-state index contributed by atoms with van der Waals surface area (Å²) in [5.74, 6) is 1.09. The number of hydrogen-bond donors (Lipinski definition) is 1. The maximum Gasteiger partial charge on any atom is 0.0452 e. The molecule has 1 aromatic carbocycles. The summed E-state index contributed by atoms with van der Waals surface area (Å²) in [6.45, 7) is 0. The Morgan fingerprint density at radius 1 is 1.20 bits per heavy atom. The van der Waals surface area contributed by atoms with Crippen molar-refractivity contribution in [3.05, 3.63) is 46.7 Å². The maximum atomic E-state index is 5.86. The van der Waals surface area contributed by atoms with Crippen LogP contribution in [0.3, 0.4) is 0 Å². The molecule has 2 rings (SSSR count). The van der Waals surface area contributed by atoms with Crippen LogP contribution in [0.5, 0.6) is 0 Å². The lowest BCUT2D eigenvalue weighted by Gasteiger charge is -2.03. The Hall–Kier alpha value is -0.930. The van der Waals surface area contributed by atoms with Gasteiger partial charge in [0.05, 0.1) is 0 Å². The van der Waals surface area contributed by atoms with E-state index in [-0.39, 0.29) is 0 Å². The monoisotopic (exact) mass is 235 g/mol. The molecule has 1 nitrogen and oxygen atoms in total. The van der Waals surface area contributed by atoms with Crippen LogP contribution >= 0.6 is 23.1 Å². The number of aryl methyl sites for hydroxylation is 1. The number of nitrogens with two attached hydrogens (primary N) is 1. The van der Waals surface area contributed by atoms with Crippen molar-refractivity contribution in [2.75, 3.05) is 11.5 Å². The standard InChI is InChI=1S/C12H13NS2/c13-11-3-1-2-4-12(11)15-8-6-10-5-7-14-9-10/h1-5,7,9H,6,8,13H2. The normalized spacial score (nSPS) is 10.4. The molecule has 0 spiro atoms. The highest BCUT2D eigenvalue weighted by Gasteiger charge is 1.99. The van der Waals surface area contributed by atoms with Crippen molar-refractivity contribution in [1.82, 2.24) is 0 Å². The average molecular weight is 235 g/mol. The Balaban J connectivity index is 1.86. The molecule has 3 heteroatoms. The number of thioether (sulfide) groups is 1. The van der Waals surface area contributed by atoms with Crippen LogP contribution in [0.4, 0.5) is 5.69 Å². The van der Waals surface area contributed by atoms with Gasteiger partial charge in [0.1, 0.15) is 0 Å². The van der Waals surface area contributed by atoms with Gasteiger partial charge in [0.25, 0.3) is 0 Å². The molecule has 0 fully saturated rings. The summed E-state index contributed by atoms with van der Waals surface area (Å²) >= 11 is 3.58. The van der Waals surface area contributed by atoms with Gasteiger partial charge in [-0.15, -0.1) is 11.8 Å². The van der Waals surface area contributed by atoms with Gasteiger partial charge < -0.3 is 5.73 Å². The number of benzene rings is 1. The number of hydrogen-bond acceptors (Lipinski definition) is 3. The third-order valence-corrected chi connectivity index (χ3v) is 3.97. The number of thiophene rings is 1. The predicted octanol–water partition coefficient (Wildman–Crippen LogP) is 3.67. The zero-order valence-electron chi connectivity index (χ0n) is 8.35. The van der Waals surface area contributed by atoms with Crippen LogP contribution in [0, 0.1) is 0 Å². The molecule has 1 aromatic heterocycles. The third kappa shape index (κ3) is 3.01. The number of rotatable bonds is 4. The van der Waals surface area contributed by atoms with Crippen LogP contribution < -0.4 is 5.73 Å². The summed E-state index contributed by atoms with van der Waals surface area (Å²) in [5, 5.41) is 4.33. The SMILES string of the molecule is Nc1ccccc1SCCc1ccsc1. The fourth-order valence-corrected chi connectivity index (χ4v) is 3.00. The van der Waals surface area contributed by atoms with E-state index in [2.05, 4.69) is 22.9 Å². The Morgan fingerprint density at radius 2 is 2.07 bits per heavy atom. The molecule has 0 saturated carbocycles. The summed E-state index contributed by atoms with van der Waals surface area (Å²) in [7, 11) is 0. The van der Waals surface area contributed by atoms with Gasteiger partial charge in [0, 0.05) is 16.3 Å². The second kappa shape index (κ2) is 5.24. The Kier molecular flexibility index (Phi) is 3.69. The average Bonchev–Trinajstić information content (AvgIpc) is 2.74. The van der Waals surface area contributed by atoms with E-state index in [1.165, 1.54) is 10.5 Å². The van der Waals surface area contributed by atoms with E-state index in [1.807, 2.05) is 30.0 Å². The van der Waals surface area contributed by atoms with Gasteiger partial charge >= 0.3 is 0 Å². The minimum absolute atomic E-state index is 0.882. The molecule has 1 heterocycles. The molecule has 0 aliphatic carbocycles. The van der Waals surface area contributed by atoms with Crippen LogP contribution in [0.25, 0.3) is 0 Å². The lowest BCUT2D eigenvalue weighted by atomic mass is 10.3. The lowest BCUT2D eigenvalue weighted by Crippen LogP contribution is -1.90. The van der Waals surface area contributed by atoms with Crippen LogP contribution in [-0.4, -0.2) is 5.75 Å². The number of nitrogen functional groups attached to an aromatic ring is 1. The first kappa shape index (κ1) is 10.6. The van der Waals surface area contributed by atoms with Crippen molar-refractivity contribution in [1.29, 1.82) is 0 Å². The van der Waals surface area contributed by atoms with Crippen molar-refractivity contribution < 1.29 is 0 Å². The van der Waals surface area contributed by atoms with Crippen molar-refractivity contribution >= 4 is 28.8 Å². The molecular formula is C12H13NS2. The number of para-hydroxylation sites is 1. The van der Waals surface area contributed by atoms with Gasteiger partial charge in [-0.1, -0.05) is 12.1 Å². The van der Waals surface area contributed by atoms with Gasteiger partial charge in [0.2, 0.25) is 0 Å². The quantitative estimate of drug-likeness (QED) is 0.646. The summed E-state index contributed by atoms with van der Waals surface area (Å²) in [6, 6.07) is 10.2. The lowest BCUT2D eigenvalue weighted by molar-refractivity contribution is 1.17. The van der Waals surface area contributed by atoms with E-state index < -0.39 is 0 Å². The van der Waals surface area contributed by atoms with Crippen molar-refractivity contribution in [2.45, 2.75) is 11.3 Å². The smallest absolute Gasteiger partial charge is 0.0452 e. The fourth-order valence-electron chi connectivity index (χ4n) is 1.33. The summed E-state index contributed by atoms with van der Waals surface area (Å²) in [4.78, 5) is 1.19. The molecule has 0 unspecified atom stereocenters. The molecule has 0 amide bonds. The second-order valence-electron chi connectivity index (χ2n) is 3.27. The highest BCUT2D eigenvalue weighted by atomic mass is 32.2. The van der Waals surface area contributed by atoms with E-state index in [0.717, 1.165) is 17.9 Å². The Morgan fingerprint density at radius 3 is 2.80 bits per heavy atom. The van der Waals surface area contributed by atoms with Crippen LogP contribution in [-0.2, 0) is 6.42 Å². The zero-order valence-corrected chi connectivity index (χ0v) is 9.98. The van der Waals surface area contributed by atoms with E-state index in [0.29, 0.717) is 0 Å². The summed E-state index contributed by atoms with van der Waals surface area (Å²) < 4.78 is 0. The second-order valence-corrected chi connectivity index (χ2v) is 5.18. The van der Waals surface area contributed by atoms with Gasteiger partial charge in [-0.2, -0.15) is 11.3 Å². The van der Waals surface area contributed by atoms with E-state index in [9.17, 15) is 0 Å². The van der Waals surface area contributed by atoms with Crippen LogP contribution in [0.2, 0.25) is 0 Å². The topological polar surface area (TPSA) is 26.0 Å². The molecule has 0 radical (unpaired) electrons. The van der Waals surface area contributed by atoms with Gasteiger partial charge in [-0.05, 0) is 40.9 Å². The van der Waals surface area contributed by atoms with Crippen molar-refractivity contribution in [2.24, 2.45) is 0 Å². The van der Waals surface area contributed by atoms with Gasteiger partial charge in [-0.3, -0.25) is 0 Å². The molecule has 0 aliphatic rings. The van der Waals surface area contributed by atoms with Crippen LogP contribution in [0.1, 0.15) is 5.56 Å². The molecule has 15 heavy (non-hydrogen) atoms. The van der Waals surface area contributed by atoms with Gasteiger partial charge in [-0.25, -0.2) is 0 Å². The molecule has 2 N–H and O–H groups in total. The third-order valence-electron chi connectivity index (χ3n) is 2.15. The Bertz CT molecular complexity index is 409. The first-order valence-corrected chi connectivity index (χ1v) is 6.77. The molecule has 0 saturated heterocycles. The fraction of sp³-hybridized carbons (Fsp3) is 0.167. The molecule has 0 bridgehead atoms. The summed E-state index contributed by atoms with van der Waals surface area (Å²) in [6.07, 6.45) is 1.11. The van der Waals surface area contributed by atoms with Crippen molar-refractivity contribution in [3.63, 3.8) is 0 Å². The predicted molar refractivity (Wildman–Crippen MR) is 69.6 cm³/mol. The van der Waals surface area contributed by atoms with E-state index >= 15 is 0 Å². The minimum atomic E-state index is 0.882. The molecule has 78 valence electrons. The highest BCUT2D eigenvalue weighted by molar-refractivity contribution is 7.99. The molecule has 2 aromatic rings. The van der Waals surface area contributed by atoms with Crippen molar-refractivity contribution in [3.8, 4) is 0 Å². The first-order valence-electron chi connectivity index (χ1n) is 4.84. The first-order chi connectivity index (χ1) is 7.36. The maximum absolute atomic E-state index is 5.86. The largest absolute Gasteiger partial charge is 0.398 e. The molecule has 0 aliphatic heterocycles. The zero-order chi connectivity index (χ0) is 10.5. The summed E-state index contributed by atoms with van der Waals surface area (Å²) in [5.41, 5.74) is 8.16. The highest BCUT2D eigenvalue weighted by Crippen LogP contribution is 2.25. The van der Waals surface area contributed by atoms with Gasteiger partial charge in [0.15, 0.2) is 0 Å². The van der Waals surface area contributed by atoms with E-state index in [4.69, 9.17) is 5.73 Å². The molecule has 0 atom stereocenters.